The summed E-state index contributed by atoms with van der Waals surface area (Å²) < 4.78 is 18.2. The number of hydrogen-bond acceptors (Lipinski definition) is 2. The second kappa shape index (κ2) is 3.34. The lowest BCUT2D eigenvalue weighted by atomic mass is 10.1. The molecule has 1 aromatic carbocycles. The SMILES string of the molecule is O[C@H]1CCCOc2ccc(F)cc21. The monoisotopic (exact) mass is 182 g/mol. The third kappa shape index (κ3) is 1.65. The van der Waals surface area contributed by atoms with Crippen LogP contribution in [0.4, 0.5) is 4.39 Å². The third-order valence-corrected chi connectivity index (χ3v) is 2.21. The summed E-state index contributed by atoms with van der Waals surface area (Å²) in [6, 6.07) is 4.25. The quantitative estimate of drug-likeness (QED) is 0.665. The van der Waals surface area contributed by atoms with Gasteiger partial charge in [-0.3, -0.25) is 0 Å². The van der Waals surface area contributed by atoms with Crippen molar-refractivity contribution in [3.8, 4) is 5.75 Å². The van der Waals surface area contributed by atoms with Crippen molar-refractivity contribution in [1.82, 2.24) is 0 Å². The van der Waals surface area contributed by atoms with Gasteiger partial charge in [-0.25, -0.2) is 4.39 Å². The molecule has 1 heterocycles. The minimum Gasteiger partial charge on any atom is -0.493 e. The van der Waals surface area contributed by atoms with Crippen molar-refractivity contribution in [3.05, 3.63) is 29.6 Å². The van der Waals surface area contributed by atoms with Crippen LogP contribution in [0.5, 0.6) is 5.75 Å². The fraction of sp³-hybridized carbons (Fsp3) is 0.400. The average Bonchev–Trinajstić information content (AvgIpc) is 2.29. The lowest BCUT2D eigenvalue weighted by molar-refractivity contribution is 0.167. The van der Waals surface area contributed by atoms with E-state index in [2.05, 4.69) is 0 Å². The van der Waals surface area contributed by atoms with E-state index < -0.39 is 6.10 Å². The van der Waals surface area contributed by atoms with Gasteiger partial charge in [0, 0.05) is 5.56 Å². The molecule has 0 aliphatic carbocycles. The van der Waals surface area contributed by atoms with Crippen LogP contribution in [0.25, 0.3) is 0 Å². The highest BCUT2D eigenvalue weighted by molar-refractivity contribution is 5.36. The molecule has 0 aromatic heterocycles. The molecule has 1 aliphatic heterocycles. The molecular formula is C10H11FO2. The number of benzene rings is 1. The van der Waals surface area contributed by atoms with E-state index in [0.29, 0.717) is 24.3 Å². The van der Waals surface area contributed by atoms with E-state index >= 15 is 0 Å². The minimum atomic E-state index is -0.590. The number of ether oxygens (including phenoxy) is 1. The van der Waals surface area contributed by atoms with Gasteiger partial charge in [0.05, 0.1) is 12.7 Å². The predicted octanol–water partition coefficient (Wildman–Crippen LogP) is 2.03. The summed E-state index contributed by atoms with van der Waals surface area (Å²) in [5.74, 6) is 0.273. The molecule has 0 saturated carbocycles. The Balaban J connectivity index is 2.43. The van der Waals surface area contributed by atoms with Gasteiger partial charge in [0.2, 0.25) is 0 Å². The summed E-state index contributed by atoms with van der Waals surface area (Å²) in [5.41, 5.74) is 0.567. The van der Waals surface area contributed by atoms with E-state index in [0.717, 1.165) is 6.42 Å². The zero-order chi connectivity index (χ0) is 9.26. The van der Waals surface area contributed by atoms with E-state index in [9.17, 15) is 9.50 Å². The Morgan fingerprint density at radius 1 is 1.46 bits per heavy atom. The molecule has 0 amide bonds. The average molecular weight is 182 g/mol. The molecule has 1 aromatic rings. The van der Waals surface area contributed by atoms with E-state index in [4.69, 9.17) is 4.74 Å². The van der Waals surface area contributed by atoms with E-state index in [1.54, 1.807) is 6.07 Å². The maximum atomic E-state index is 12.8. The summed E-state index contributed by atoms with van der Waals surface area (Å²) in [5, 5.41) is 9.62. The van der Waals surface area contributed by atoms with Gasteiger partial charge >= 0.3 is 0 Å². The van der Waals surface area contributed by atoms with Gasteiger partial charge in [0.1, 0.15) is 11.6 Å². The fourth-order valence-electron chi connectivity index (χ4n) is 1.53. The third-order valence-electron chi connectivity index (χ3n) is 2.21. The summed E-state index contributed by atoms with van der Waals surface area (Å²) in [4.78, 5) is 0. The smallest absolute Gasteiger partial charge is 0.125 e. The molecule has 0 radical (unpaired) electrons. The Morgan fingerprint density at radius 2 is 2.31 bits per heavy atom. The largest absolute Gasteiger partial charge is 0.493 e. The van der Waals surface area contributed by atoms with Gasteiger partial charge in [-0.2, -0.15) is 0 Å². The van der Waals surface area contributed by atoms with Crippen molar-refractivity contribution in [2.45, 2.75) is 18.9 Å². The number of fused-ring (bicyclic) bond motifs is 1. The second-order valence-corrected chi connectivity index (χ2v) is 3.19. The number of hydrogen-bond donors (Lipinski definition) is 1. The number of aliphatic hydroxyl groups is 1. The van der Waals surface area contributed by atoms with Crippen molar-refractivity contribution < 1.29 is 14.2 Å². The molecule has 0 saturated heterocycles. The van der Waals surface area contributed by atoms with Crippen molar-refractivity contribution >= 4 is 0 Å². The van der Waals surface area contributed by atoms with Gasteiger partial charge in [-0.15, -0.1) is 0 Å². The standard InChI is InChI=1S/C10H11FO2/c11-7-3-4-10-8(6-7)9(12)2-1-5-13-10/h3-4,6,9,12H,1-2,5H2/t9-/m0/s1. The van der Waals surface area contributed by atoms with Gasteiger partial charge in [-0.05, 0) is 31.0 Å². The zero-order valence-corrected chi connectivity index (χ0v) is 7.16. The Morgan fingerprint density at radius 3 is 3.15 bits per heavy atom. The van der Waals surface area contributed by atoms with Crippen molar-refractivity contribution in [2.24, 2.45) is 0 Å². The molecule has 0 fully saturated rings. The van der Waals surface area contributed by atoms with E-state index in [-0.39, 0.29) is 5.82 Å². The molecule has 1 atom stereocenters. The molecule has 0 spiro atoms. The second-order valence-electron chi connectivity index (χ2n) is 3.19. The van der Waals surface area contributed by atoms with Crippen LogP contribution in [0.3, 0.4) is 0 Å². The normalized spacial score (nSPS) is 21.5. The Kier molecular flexibility index (Phi) is 2.19. The van der Waals surface area contributed by atoms with Crippen LogP contribution in [0.2, 0.25) is 0 Å². The molecule has 70 valence electrons. The Labute approximate surface area is 76.0 Å². The number of aliphatic hydroxyl groups excluding tert-OH is 1. The predicted molar refractivity (Wildman–Crippen MR) is 46.1 cm³/mol. The van der Waals surface area contributed by atoms with Crippen LogP contribution in [-0.4, -0.2) is 11.7 Å². The summed E-state index contributed by atoms with van der Waals surface area (Å²) in [7, 11) is 0. The maximum Gasteiger partial charge on any atom is 0.125 e. The summed E-state index contributed by atoms with van der Waals surface area (Å²) >= 11 is 0. The van der Waals surface area contributed by atoms with Crippen molar-refractivity contribution in [3.63, 3.8) is 0 Å². The Bertz CT molecular complexity index is 312. The van der Waals surface area contributed by atoms with Crippen LogP contribution >= 0.6 is 0 Å². The highest BCUT2D eigenvalue weighted by Gasteiger charge is 2.17. The molecule has 1 N–H and O–H groups in total. The number of halogens is 1. The molecule has 0 unspecified atom stereocenters. The first-order valence-corrected chi connectivity index (χ1v) is 4.37. The van der Waals surface area contributed by atoms with Gasteiger partial charge in [0.15, 0.2) is 0 Å². The molecule has 2 rings (SSSR count). The van der Waals surface area contributed by atoms with Gasteiger partial charge < -0.3 is 9.84 Å². The first-order valence-electron chi connectivity index (χ1n) is 4.37. The van der Waals surface area contributed by atoms with Crippen LogP contribution in [0.15, 0.2) is 18.2 Å². The summed E-state index contributed by atoms with van der Waals surface area (Å²) in [6.07, 6.45) is 0.849. The highest BCUT2D eigenvalue weighted by atomic mass is 19.1. The topological polar surface area (TPSA) is 29.5 Å². The highest BCUT2D eigenvalue weighted by Crippen LogP contribution is 2.31. The lowest BCUT2D eigenvalue weighted by Gasteiger charge is -2.10. The fourth-order valence-corrected chi connectivity index (χ4v) is 1.53. The van der Waals surface area contributed by atoms with E-state index in [1.807, 2.05) is 0 Å². The minimum absolute atomic E-state index is 0.330. The van der Waals surface area contributed by atoms with Crippen molar-refractivity contribution in [1.29, 1.82) is 0 Å². The van der Waals surface area contributed by atoms with E-state index in [1.165, 1.54) is 12.1 Å². The number of rotatable bonds is 0. The first kappa shape index (κ1) is 8.51. The molecule has 13 heavy (non-hydrogen) atoms. The van der Waals surface area contributed by atoms with Crippen LogP contribution < -0.4 is 4.74 Å². The summed E-state index contributed by atoms with van der Waals surface area (Å²) in [6.45, 7) is 0.593. The molecule has 0 bridgehead atoms. The van der Waals surface area contributed by atoms with Crippen LogP contribution in [0, 0.1) is 5.82 Å². The molecule has 2 nitrogen and oxygen atoms in total. The van der Waals surface area contributed by atoms with Crippen LogP contribution in [-0.2, 0) is 0 Å². The maximum absolute atomic E-state index is 12.8. The molecule has 1 aliphatic rings. The molecular weight excluding hydrogens is 171 g/mol. The lowest BCUT2D eigenvalue weighted by Crippen LogP contribution is -1.96. The zero-order valence-electron chi connectivity index (χ0n) is 7.16. The van der Waals surface area contributed by atoms with Gasteiger partial charge in [-0.1, -0.05) is 0 Å². The van der Waals surface area contributed by atoms with Crippen molar-refractivity contribution in [2.75, 3.05) is 6.61 Å². The Hall–Kier alpha value is -1.09. The van der Waals surface area contributed by atoms with Crippen LogP contribution in [0.1, 0.15) is 24.5 Å². The molecule has 3 heteroatoms. The van der Waals surface area contributed by atoms with Gasteiger partial charge in [0.25, 0.3) is 0 Å². The first-order chi connectivity index (χ1) is 6.27.